The van der Waals surface area contributed by atoms with Gasteiger partial charge in [-0.1, -0.05) is 35.5 Å². The summed E-state index contributed by atoms with van der Waals surface area (Å²) in [6, 6.07) is 2.26. The summed E-state index contributed by atoms with van der Waals surface area (Å²) in [7, 11) is 1.65. The number of piperazine rings is 1. The van der Waals surface area contributed by atoms with E-state index in [-0.39, 0.29) is 28.9 Å². The minimum absolute atomic E-state index is 0.146. The summed E-state index contributed by atoms with van der Waals surface area (Å²) in [6.45, 7) is 2.03. The highest BCUT2D eigenvalue weighted by molar-refractivity contribution is 8.14. The van der Waals surface area contributed by atoms with Crippen LogP contribution in [0.25, 0.3) is 10.9 Å². The van der Waals surface area contributed by atoms with Gasteiger partial charge in [-0.2, -0.15) is 4.98 Å². The molecule has 196 valence electrons. The number of anilines is 1. The van der Waals surface area contributed by atoms with E-state index in [4.69, 9.17) is 22.1 Å². The van der Waals surface area contributed by atoms with Crippen molar-refractivity contribution in [3.05, 3.63) is 39.3 Å². The molecule has 2 aromatic rings. The normalized spacial score (nSPS) is 34.2. The van der Waals surface area contributed by atoms with Crippen molar-refractivity contribution in [2.75, 3.05) is 37.5 Å². The van der Waals surface area contributed by atoms with E-state index in [2.05, 4.69) is 20.2 Å². The average Bonchev–Trinajstić information content (AvgIpc) is 3.44. The standard InChI is InChI=1S/C25H28ClFN6O2S2/c1-35-9-13-10-36-22-18(14-4-5-17(27)21-19(14)30-24(28)37-21)16(26)6-15-20(22)33(13)25(34)31-23(15)32-7-11-2-3-12(8-32)29-11/h4-6,11-14,17,19,21,29H,2-3,7-10H2,1H3,(H2,28,30)/t11?,12?,13-,14?,17?,19?,21?/m0/s1. The highest BCUT2D eigenvalue weighted by atomic mass is 35.5. The first-order chi connectivity index (χ1) is 17.9. The zero-order valence-electron chi connectivity index (χ0n) is 20.3. The van der Waals surface area contributed by atoms with Gasteiger partial charge in [0.25, 0.3) is 0 Å². The number of nitrogens with one attached hydrogen (secondary N) is 1. The number of hydrogen-bond donors (Lipinski definition) is 2. The number of nitrogens with two attached hydrogens (primary N) is 1. The van der Waals surface area contributed by atoms with Crippen molar-refractivity contribution in [3.8, 4) is 0 Å². The summed E-state index contributed by atoms with van der Waals surface area (Å²) >= 11 is 10.1. The summed E-state index contributed by atoms with van der Waals surface area (Å²) < 4.78 is 22.0. The fourth-order valence-corrected chi connectivity index (χ4v) is 9.42. The lowest BCUT2D eigenvalue weighted by atomic mass is 9.83. The van der Waals surface area contributed by atoms with Crippen molar-refractivity contribution in [2.24, 2.45) is 10.7 Å². The van der Waals surface area contributed by atoms with Crippen LogP contribution in [0.15, 0.2) is 32.9 Å². The van der Waals surface area contributed by atoms with Gasteiger partial charge in [-0.3, -0.25) is 9.56 Å². The quantitative estimate of drug-likeness (QED) is 0.549. The van der Waals surface area contributed by atoms with E-state index in [1.165, 1.54) is 11.8 Å². The van der Waals surface area contributed by atoms with Gasteiger partial charge in [0.15, 0.2) is 5.17 Å². The molecule has 12 heteroatoms. The van der Waals surface area contributed by atoms with Crippen molar-refractivity contribution < 1.29 is 9.13 Å². The van der Waals surface area contributed by atoms with Crippen molar-refractivity contribution in [3.63, 3.8) is 0 Å². The van der Waals surface area contributed by atoms with Crippen LogP contribution in [0, 0.1) is 0 Å². The van der Waals surface area contributed by atoms with Crippen molar-refractivity contribution in [1.29, 1.82) is 0 Å². The Hall–Kier alpha value is -1.79. The van der Waals surface area contributed by atoms with Gasteiger partial charge in [-0.15, -0.1) is 11.8 Å². The average molecular weight is 563 g/mol. The molecule has 1 aromatic heterocycles. The fraction of sp³-hybridized carbons (Fsp3) is 0.560. The number of halogens is 2. The first-order valence-corrected chi connectivity index (χ1v) is 14.9. The van der Waals surface area contributed by atoms with E-state index in [1.54, 1.807) is 29.5 Å². The second-order valence-corrected chi connectivity index (χ2v) is 13.1. The Morgan fingerprint density at radius 1 is 1.30 bits per heavy atom. The number of thioether (sulfide) groups is 2. The maximum Gasteiger partial charge on any atom is 0.350 e. The Labute approximate surface area is 227 Å². The molecule has 0 spiro atoms. The summed E-state index contributed by atoms with van der Waals surface area (Å²) in [6.07, 6.45) is 4.61. The first-order valence-electron chi connectivity index (χ1n) is 12.7. The molecule has 4 aliphatic heterocycles. The molecule has 5 aliphatic rings. The number of amidine groups is 1. The molecule has 2 fully saturated rings. The van der Waals surface area contributed by atoms with Crippen LogP contribution in [0.1, 0.15) is 30.4 Å². The number of aliphatic imine (C=N–C) groups is 1. The Bertz CT molecular complexity index is 1390. The number of hydrogen-bond acceptors (Lipinski definition) is 9. The third kappa shape index (κ3) is 3.83. The Morgan fingerprint density at radius 2 is 2.08 bits per heavy atom. The smallest absolute Gasteiger partial charge is 0.350 e. The molecule has 7 rings (SSSR count). The number of rotatable bonds is 4. The van der Waals surface area contributed by atoms with Crippen LogP contribution in [0.5, 0.6) is 0 Å². The maximum absolute atomic E-state index is 14.8. The molecule has 0 amide bonds. The molecule has 2 saturated heterocycles. The predicted molar refractivity (Wildman–Crippen MR) is 148 cm³/mol. The third-order valence-electron chi connectivity index (χ3n) is 8.18. The number of aromatic nitrogens is 2. The molecule has 8 nitrogen and oxygen atoms in total. The van der Waals surface area contributed by atoms with Crippen LogP contribution < -0.4 is 21.6 Å². The zero-order chi connectivity index (χ0) is 25.4. The van der Waals surface area contributed by atoms with Gasteiger partial charge in [0.05, 0.1) is 29.5 Å². The predicted octanol–water partition coefficient (Wildman–Crippen LogP) is 3.07. The summed E-state index contributed by atoms with van der Waals surface area (Å²) in [4.78, 5) is 26.1. The third-order valence-corrected chi connectivity index (χ3v) is 10.9. The monoisotopic (exact) mass is 562 g/mol. The lowest BCUT2D eigenvalue weighted by Crippen LogP contribution is -2.52. The molecule has 7 atom stereocenters. The van der Waals surface area contributed by atoms with Crippen molar-refractivity contribution >= 4 is 57.0 Å². The zero-order valence-corrected chi connectivity index (χ0v) is 22.7. The number of fused-ring (bicyclic) bond motifs is 3. The number of ether oxygens (including phenoxy) is 1. The molecular formula is C25H28ClFN6O2S2. The summed E-state index contributed by atoms with van der Waals surface area (Å²) in [5.74, 6) is 1.11. The van der Waals surface area contributed by atoms with Crippen LogP contribution >= 0.6 is 35.1 Å². The van der Waals surface area contributed by atoms with Crippen LogP contribution in [0.4, 0.5) is 10.2 Å². The summed E-state index contributed by atoms with van der Waals surface area (Å²) in [5, 5.41) is 5.14. The number of alkyl halides is 1. The highest BCUT2D eigenvalue weighted by Crippen LogP contribution is 2.50. The van der Waals surface area contributed by atoms with Gasteiger partial charge in [0.2, 0.25) is 0 Å². The van der Waals surface area contributed by atoms with E-state index in [1.807, 2.05) is 12.1 Å². The van der Waals surface area contributed by atoms with Crippen molar-refractivity contribution in [1.82, 2.24) is 14.9 Å². The summed E-state index contributed by atoms with van der Waals surface area (Å²) in [5.41, 5.74) is 7.49. The van der Waals surface area contributed by atoms with E-state index in [0.29, 0.717) is 40.5 Å². The molecule has 2 bridgehead atoms. The van der Waals surface area contributed by atoms with E-state index in [9.17, 15) is 9.18 Å². The van der Waals surface area contributed by atoms with Gasteiger partial charge in [0, 0.05) is 59.3 Å². The molecule has 5 heterocycles. The van der Waals surface area contributed by atoms with Gasteiger partial charge < -0.3 is 20.7 Å². The number of nitrogens with zero attached hydrogens (tertiary/aromatic N) is 4. The molecule has 37 heavy (non-hydrogen) atoms. The second kappa shape index (κ2) is 9.15. The molecule has 1 aliphatic carbocycles. The number of methoxy groups -OCH3 is 1. The lowest BCUT2D eigenvalue weighted by Gasteiger charge is -2.37. The molecule has 0 radical (unpaired) electrons. The van der Waals surface area contributed by atoms with Crippen LogP contribution in [0.2, 0.25) is 5.02 Å². The van der Waals surface area contributed by atoms with Crippen LogP contribution in [-0.4, -0.2) is 76.8 Å². The first kappa shape index (κ1) is 24.3. The number of allylic oxidation sites excluding steroid dienone is 1. The molecule has 0 saturated carbocycles. The van der Waals surface area contributed by atoms with Crippen LogP contribution in [-0.2, 0) is 4.74 Å². The Morgan fingerprint density at radius 3 is 2.84 bits per heavy atom. The molecular weight excluding hydrogens is 535 g/mol. The second-order valence-electron chi connectivity index (χ2n) is 10.4. The van der Waals surface area contributed by atoms with Gasteiger partial charge >= 0.3 is 5.69 Å². The number of benzene rings is 1. The Kier molecular flexibility index (Phi) is 6.00. The highest BCUT2D eigenvalue weighted by Gasteiger charge is 2.44. The maximum atomic E-state index is 14.8. The van der Waals surface area contributed by atoms with E-state index in [0.717, 1.165) is 47.3 Å². The molecule has 1 aromatic carbocycles. The molecule has 6 unspecified atom stereocenters. The largest absolute Gasteiger partial charge is 0.383 e. The van der Waals surface area contributed by atoms with Crippen molar-refractivity contribution in [2.45, 2.75) is 59.2 Å². The van der Waals surface area contributed by atoms with E-state index < -0.39 is 6.17 Å². The minimum Gasteiger partial charge on any atom is -0.383 e. The fourth-order valence-electron chi connectivity index (χ4n) is 6.63. The van der Waals surface area contributed by atoms with Gasteiger partial charge in [-0.05, 0) is 24.5 Å². The Balaban J connectivity index is 1.45. The van der Waals surface area contributed by atoms with Gasteiger partial charge in [-0.25, -0.2) is 9.18 Å². The molecule has 3 N–H and O–H groups in total. The SMILES string of the molecule is COC[C@H]1CSc2c(C3C=CC(F)C4SC(N)=NC34)c(Cl)cc3c(N4CC5CCC(C4)N5)nc(=O)n1c23. The van der Waals surface area contributed by atoms with Crippen LogP contribution in [0.3, 0.4) is 0 Å². The van der Waals surface area contributed by atoms with Gasteiger partial charge in [0.1, 0.15) is 12.0 Å². The lowest BCUT2D eigenvalue weighted by molar-refractivity contribution is 0.163. The topological polar surface area (TPSA) is 97.8 Å². The van der Waals surface area contributed by atoms with E-state index >= 15 is 0 Å². The minimum atomic E-state index is -1.12.